The molecule has 4 aromatic rings. The van der Waals surface area contributed by atoms with E-state index in [-0.39, 0.29) is 89.3 Å². The number of benzene rings is 2. The number of aromatic nitrogens is 2. The van der Waals surface area contributed by atoms with Crippen LogP contribution in [-0.4, -0.2) is 68.1 Å². The number of sulfone groups is 1. The van der Waals surface area contributed by atoms with Gasteiger partial charge < -0.3 is 28.6 Å². The fourth-order valence-corrected chi connectivity index (χ4v) is 5.86. The summed E-state index contributed by atoms with van der Waals surface area (Å²) in [5, 5.41) is 1.54. The number of hydrogen-bond acceptors (Lipinski definition) is 9. The van der Waals surface area contributed by atoms with E-state index in [4.69, 9.17) is 4.74 Å². The number of halogens is 3. The molecule has 2 aromatic heterocycles. The van der Waals surface area contributed by atoms with E-state index >= 15 is 0 Å². The van der Waals surface area contributed by atoms with Crippen molar-refractivity contribution in [1.29, 1.82) is 0 Å². The smallest absolute Gasteiger partial charge is 0.790 e. The molecular formula is C27H29F3N3Na2O7PS. The third-order valence-corrected chi connectivity index (χ3v) is 8.76. The van der Waals surface area contributed by atoms with Crippen LogP contribution in [0.1, 0.15) is 18.9 Å². The number of alkyl halides is 3. The van der Waals surface area contributed by atoms with Gasteiger partial charge in [0.25, 0.3) is 0 Å². The van der Waals surface area contributed by atoms with Gasteiger partial charge in [-0.2, -0.15) is 13.2 Å². The van der Waals surface area contributed by atoms with Gasteiger partial charge in [0, 0.05) is 30.1 Å². The molecule has 0 aliphatic rings. The summed E-state index contributed by atoms with van der Waals surface area (Å²) in [6, 6.07) is 12.1. The number of nitrogens with one attached hydrogen (secondary N) is 1. The van der Waals surface area contributed by atoms with Crippen LogP contribution in [0.3, 0.4) is 0 Å². The van der Waals surface area contributed by atoms with Crippen molar-refractivity contribution in [3.63, 3.8) is 0 Å². The summed E-state index contributed by atoms with van der Waals surface area (Å²) in [4.78, 5) is 30.1. The summed E-state index contributed by atoms with van der Waals surface area (Å²) in [5.41, 5.74) is 3.49. The van der Waals surface area contributed by atoms with E-state index < -0.39 is 43.5 Å². The summed E-state index contributed by atoms with van der Waals surface area (Å²) in [5.74, 6) is 0.381. The molecule has 0 aliphatic carbocycles. The molecule has 2 aromatic carbocycles. The Bertz CT molecular complexity index is 1730. The van der Waals surface area contributed by atoms with Gasteiger partial charge in [-0.1, -0.05) is 19.1 Å². The minimum atomic E-state index is -5.29. The minimum absolute atomic E-state index is 0. The van der Waals surface area contributed by atoms with Crippen LogP contribution in [0.4, 0.5) is 13.2 Å². The molecule has 2 heterocycles. The molecule has 4 rings (SSSR count). The molecular weight excluding hydrogens is 644 g/mol. The van der Waals surface area contributed by atoms with Gasteiger partial charge in [-0.05, 0) is 60.4 Å². The van der Waals surface area contributed by atoms with Crippen molar-refractivity contribution >= 4 is 39.6 Å². The van der Waals surface area contributed by atoms with Crippen LogP contribution in [0.25, 0.3) is 33.1 Å². The van der Waals surface area contributed by atoms with Gasteiger partial charge >= 0.3 is 65.3 Å². The van der Waals surface area contributed by atoms with E-state index in [1.165, 1.54) is 0 Å². The Labute approximate surface area is 297 Å². The largest absolute Gasteiger partial charge is 1.00 e. The van der Waals surface area contributed by atoms with Crippen LogP contribution in [0.15, 0.2) is 53.6 Å². The molecule has 0 aliphatic heterocycles. The molecule has 44 heavy (non-hydrogen) atoms. The maximum absolute atomic E-state index is 13.0. The standard InChI is InChI=1S/C27H31F3N3O7PS.2Na/c1-3-42(37,38)20-7-4-6-19(15-20)21-8-9-23(25-24(21)22-14-18(2)16-31-26(22)32-25)39-12-5-10-33(17-27(28,29)30)11-13-40-41(34,35)36;;/h4,6-9,14-16H,3,5,10-13,17H2,1-2H3,(H,31,32)(H2,34,35,36);;/q;2*+1/p-2. The van der Waals surface area contributed by atoms with Crippen LogP contribution in [0.5, 0.6) is 5.75 Å². The zero-order chi connectivity index (χ0) is 30.7. The van der Waals surface area contributed by atoms with Gasteiger partial charge in [0.2, 0.25) is 0 Å². The monoisotopic (exact) mass is 673 g/mol. The Morgan fingerprint density at radius 1 is 1.07 bits per heavy atom. The van der Waals surface area contributed by atoms with E-state index in [0.717, 1.165) is 26.8 Å². The third-order valence-electron chi connectivity index (χ3n) is 6.52. The van der Waals surface area contributed by atoms with Gasteiger partial charge in [-0.3, -0.25) is 4.90 Å². The van der Waals surface area contributed by atoms with Crippen molar-refractivity contribution in [2.45, 2.75) is 31.3 Å². The molecule has 17 heteroatoms. The van der Waals surface area contributed by atoms with Gasteiger partial charge in [0.15, 0.2) is 9.84 Å². The fourth-order valence-electron chi connectivity index (χ4n) is 4.63. The van der Waals surface area contributed by atoms with Crippen LogP contribution in [0, 0.1) is 6.92 Å². The zero-order valence-corrected chi connectivity index (χ0v) is 30.5. The van der Waals surface area contributed by atoms with Crippen LogP contribution < -0.4 is 73.6 Å². The number of phosphoric acid groups is 1. The summed E-state index contributed by atoms with van der Waals surface area (Å²) >= 11 is 0. The maximum Gasteiger partial charge on any atom is 1.00 e. The summed E-state index contributed by atoms with van der Waals surface area (Å²) in [6.07, 6.45) is -2.69. The molecule has 10 nitrogen and oxygen atoms in total. The molecule has 0 radical (unpaired) electrons. The Kier molecular flexibility index (Phi) is 14.4. The number of aryl methyl sites for hydroxylation is 1. The molecule has 0 unspecified atom stereocenters. The van der Waals surface area contributed by atoms with Crippen LogP contribution in [-0.2, 0) is 18.9 Å². The number of hydrogen-bond donors (Lipinski definition) is 1. The average molecular weight is 674 g/mol. The number of rotatable bonds is 13. The van der Waals surface area contributed by atoms with Crippen molar-refractivity contribution in [1.82, 2.24) is 14.9 Å². The summed E-state index contributed by atoms with van der Waals surface area (Å²) < 4.78 is 84.8. The Morgan fingerprint density at radius 2 is 1.80 bits per heavy atom. The van der Waals surface area contributed by atoms with E-state index in [1.54, 1.807) is 43.5 Å². The second-order valence-corrected chi connectivity index (χ2v) is 13.1. The van der Waals surface area contributed by atoms with E-state index in [2.05, 4.69) is 14.5 Å². The fraction of sp³-hybridized carbons (Fsp3) is 0.370. The number of aromatic amines is 1. The number of pyridine rings is 1. The van der Waals surface area contributed by atoms with E-state index in [9.17, 15) is 35.9 Å². The molecule has 0 spiro atoms. The first-order valence-electron chi connectivity index (χ1n) is 13.0. The molecule has 0 saturated heterocycles. The molecule has 0 amide bonds. The predicted octanol–water partition coefficient (Wildman–Crippen LogP) is -2.03. The number of nitrogens with zero attached hydrogens (tertiary/aromatic N) is 2. The first-order valence-corrected chi connectivity index (χ1v) is 16.1. The van der Waals surface area contributed by atoms with Crippen LogP contribution >= 0.6 is 7.82 Å². The number of fused-ring (bicyclic) bond motifs is 3. The summed E-state index contributed by atoms with van der Waals surface area (Å²) in [7, 11) is -8.74. The number of phosphoric ester groups is 1. The molecule has 0 bridgehead atoms. The molecule has 0 saturated carbocycles. The maximum atomic E-state index is 13.0. The van der Waals surface area contributed by atoms with Crippen molar-refractivity contribution in [2.75, 3.05) is 38.6 Å². The van der Waals surface area contributed by atoms with Gasteiger partial charge in [-0.15, -0.1) is 0 Å². The van der Waals surface area contributed by atoms with Crippen molar-refractivity contribution in [3.8, 4) is 16.9 Å². The van der Waals surface area contributed by atoms with Gasteiger partial charge in [-0.25, -0.2) is 13.4 Å². The topological polar surface area (TPSA) is 148 Å². The second kappa shape index (κ2) is 16.2. The quantitative estimate of drug-likeness (QED) is 0.0965. The van der Waals surface area contributed by atoms with Crippen LogP contribution in [0.2, 0.25) is 0 Å². The Morgan fingerprint density at radius 3 is 2.45 bits per heavy atom. The first kappa shape index (κ1) is 39.2. The van der Waals surface area contributed by atoms with E-state index in [0.29, 0.717) is 22.5 Å². The molecule has 228 valence electrons. The summed E-state index contributed by atoms with van der Waals surface area (Å²) in [6.45, 7) is 0.989. The van der Waals surface area contributed by atoms with E-state index in [1.807, 2.05) is 19.1 Å². The van der Waals surface area contributed by atoms with Gasteiger partial charge in [0.05, 0.1) is 43.7 Å². The SMILES string of the molecule is CCS(=O)(=O)c1cccc(-c2ccc(OCCCN(CCOP(=O)([O-])[O-])CC(F)(F)F)c3[nH]c4ncc(C)cc4c23)c1.[Na+].[Na+]. The Balaban J connectivity index is 0.00000337. The minimum Gasteiger partial charge on any atom is -0.790 e. The van der Waals surface area contributed by atoms with Crippen molar-refractivity contribution in [3.05, 3.63) is 54.2 Å². The third kappa shape index (κ3) is 10.5. The first-order chi connectivity index (χ1) is 19.7. The average Bonchev–Trinajstić information content (AvgIpc) is 3.28. The molecule has 0 atom stereocenters. The zero-order valence-electron chi connectivity index (χ0n) is 24.8. The molecule has 0 fully saturated rings. The predicted molar refractivity (Wildman–Crippen MR) is 148 cm³/mol. The molecule has 1 N–H and O–H groups in total. The number of ether oxygens (including phenoxy) is 1. The van der Waals surface area contributed by atoms with Gasteiger partial charge in [0.1, 0.15) is 11.4 Å². The number of H-pyrrole nitrogens is 1. The second-order valence-electron chi connectivity index (χ2n) is 9.70. The normalized spacial score (nSPS) is 12.4. The Hall–Kier alpha value is -1.00. The van der Waals surface area contributed by atoms with Crippen molar-refractivity contribution in [2.24, 2.45) is 0 Å². The van der Waals surface area contributed by atoms with Crippen molar-refractivity contribution < 1.29 is 104 Å².